The van der Waals surface area contributed by atoms with E-state index in [9.17, 15) is 24.2 Å². The third-order valence-corrected chi connectivity index (χ3v) is 10.8. The number of carbonyl (C=O) groups excluding carboxylic acids is 2. The Bertz CT molecular complexity index is 1280. The number of hydrogen-bond acceptors (Lipinski definition) is 9. The molecule has 0 fully saturated rings. The number of quaternary nitrogens is 1. The smallest absolute Gasteiger partial charge is 0.306 e. The second-order valence-electron chi connectivity index (χ2n) is 16.9. The lowest BCUT2D eigenvalue weighted by atomic mass is 10.1. The Balaban J connectivity index is 4.46. The van der Waals surface area contributed by atoms with Gasteiger partial charge < -0.3 is 33.0 Å². The summed E-state index contributed by atoms with van der Waals surface area (Å²) in [6.07, 6.45) is 48.2. The monoisotopic (exact) mass is 878 g/mol. The van der Waals surface area contributed by atoms with Crippen LogP contribution in [0.15, 0.2) is 72.9 Å². The van der Waals surface area contributed by atoms with Crippen LogP contribution in [0.4, 0.5) is 0 Å². The maximum atomic E-state index is 12.7. The molecule has 0 heterocycles. The van der Waals surface area contributed by atoms with Crippen LogP contribution in [0.3, 0.4) is 0 Å². The molecule has 0 aromatic carbocycles. The highest BCUT2D eigenvalue weighted by molar-refractivity contribution is 7.45. The van der Waals surface area contributed by atoms with Crippen LogP contribution in [0.2, 0.25) is 0 Å². The fraction of sp³-hybridized carbons (Fsp3) is 0.720. The van der Waals surface area contributed by atoms with Crippen LogP contribution in [0.5, 0.6) is 0 Å². The van der Waals surface area contributed by atoms with Gasteiger partial charge in [0.1, 0.15) is 19.8 Å². The van der Waals surface area contributed by atoms with Gasteiger partial charge >= 0.3 is 11.9 Å². The van der Waals surface area contributed by atoms with Crippen LogP contribution in [0.1, 0.15) is 174 Å². The number of hydrogen-bond donors (Lipinski definition) is 1. The predicted molar refractivity (Wildman–Crippen MR) is 251 cm³/mol. The van der Waals surface area contributed by atoms with Crippen molar-refractivity contribution in [3.05, 3.63) is 72.9 Å². The zero-order chi connectivity index (χ0) is 45.1. The van der Waals surface area contributed by atoms with Gasteiger partial charge in [0.2, 0.25) is 0 Å². The highest BCUT2D eigenvalue weighted by Gasteiger charge is 2.21. The third kappa shape index (κ3) is 45.3. The van der Waals surface area contributed by atoms with Crippen molar-refractivity contribution in [1.29, 1.82) is 0 Å². The summed E-state index contributed by atoms with van der Waals surface area (Å²) in [6, 6.07) is 0. The number of phosphoric acid groups is 1. The fourth-order valence-corrected chi connectivity index (χ4v) is 6.79. The lowest BCUT2D eigenvalue weighted by Crippen LogP contribution is -2.37. The van der Waals surface area contributed by atoms with Gasteiger partial charge in [-0.25, -0.2) is 0 Å². The molecule has 11 heteroatoms. The van der Waals surface area contributed by atoms with Gasteiger partial charge in [-0.05, 0) is 70.6 Å². The fourth-order valence-electron chi connectivity index (χ4n) is 6.06. The van der Waals surface area contributed by atoms with E-state index in [0.717, 1.165) is 38.5 Å². The van der Waals surface area contributed by atoms with Crippen molar-refractivity contribution < 1.29 is 47.2 Å². The maximum Gasteiger partial charge on any atom is 0.306 e. The lowest BCUT2D eigenvalue weighted by molar-refractivity contribution is -0.870. The first-order chi connectivity index (χ1) is 29.4. The maximum absolute atomic E-state index is 12.7. The van der Waals surface area contributed by atoms with Gasteiger partial charge in [-0.1, -0.05) is 164 Å². The number of rotatable bonds is 42. The number of allylic oxidation sites excluding steroid dienone is 10. The first kappa shape index (κ1) is 58.4. The molecule has 0 saturated carbocycles. The molecule has 0 aliphatic heterocycles. The topological polar surface area (TPSA) is 131 Å². The molecule has 0 radical (unpaired) electrons. The molecular formula is C50H88NO9P. The molecule has 0 aromatic rings. The van der Waals surface area contributed by atoms with Gasteiger partial charge in [0, 0.05) is 12.8 Å². The molecule has 0 rings (SSSR count). The van der Waals surface area contributed by atoms with Crippen LogP contribution in [-0.4, -0.2) is 81.2 Å². The van der Waals surface area contributed by atoms with Crippen LogP contribution < -0.4 is 4.89 Å². The van der Waals surface area contributed by atoms with E-state index < -0.39 is 38.6 Å². The molecule has 1 N–H and O–H groups in total. The van der Waals surface area contributed by atoms with E-state index in [1.807, 2.05) is 57.6 Å². The first-order valence-electron chi connectivity index (χ1n) is 23.8. The Hall–Kier alpha value is -2.59. The summed E-state index contributed by atoms with van der Waals surface area (Å²) in [4.78, 5) is 37.6. The molecule has 2 unspecified atom stereocenters. The number of ether oxygens (including phenoxy) is 2. The summed E-state index contributed by atoms with van der Waals surface area (Å²) in [5.41, 5.74) is 0. The molecular weight excluding hydrogens is 790 g/mol. The Morgan fingerprint density at radius 2 is 1.16 bits per heavy atom. The van der Waals surface area contributed by atoms with E-state index in [4.69, 9.17) is 18.5 Å². The Labute approximate surface area is 372 Å². The van der Waals surface area contributed by atoms with Gasteiger partial charge in [0.05, 0.1) is 33.9 Å². The molecule has 0 spiro atoms. The molecule has 3 atom stereocenters. The van der Waals surface area contributed by atoms with Crippen LogP contribution in [-0.2, 0) is 32.7 Å². The first-order valence-corrected chi connectivity index (χ1v) is 25.2. The average molecular weight is 878 g/mol. The second-order valence-corrected chi connectivity index (χ2v) is 18.3. The predicted octanol–water partition coefficient (Wildman–Crippen LogP) is 12.1. The molecule has 10 nitrogen and oxygen atoms in total. The van der Waals surface area contributed by atoms with E-state index in [1.165, 1.54) is 83.5 Å². The van der Waals surface area contributed by atoms with Crippen molar-refractivity contribution >= 4 is 19.8 Å². The van der Waals surface area contributed by atoms with Gasteiger partial charge in [0.15, 0.2) is 6.10 Å². The number of aliphatic hydroxyl groups excluding tert-OH is 1. The molecule has 0 saturated heterocycles. The zero-order valence-electron chi connectivity index (χ0n) is 39.2. The van der Waals surface area contributed by atoms with Crippen LogP contribution in [0, 0.1) is 0 Å². The largest absolute Gasteiger partial charge is 0.756 e. The molecule has 0 aromatic heterocycles. The van der Waals surface area contributed by atoms with Crippen molar-refractivity contribution in [2.45, 2.75) is 187 Å². The van der Waals surface area contributed by atoms with Crippen molar-refractivity contribution in [2.75, 3.05) is 47.5 Å². The van der Waals surface area contributed by atoms with E-state index >= 15 is 0 Å². The molecule has 0 aliphatic carbocycles. The summed E-state index contributed by atoms with van der Waals surface area (Å²) < 4.78 is 33.9. The molecule has 0 aliphatic rings. The Morgan fingerprint density at radius 1 is 0.623 bits per heavy atom. The number of nitrogens with zero attached hydrogens (tertiary/aromatic N) is 1. The van der Waals surface area contributed by atoms with Crippen molar-refractivity contribution in [3.63, 3.8) is 0 Å². The van der Waals surface area contributed by atoms with Gasteiger partial charge in [-0.15, -0.1) is 0 Å². The third-order valence-electron chi connectivity index (χ3n) is 9.79. The number of phosphoric ester groups is 1. The van der Waals surface area contributed by atoms with Crippen LogP contribution in [0.25, 0.3) is 0 Å². The minimum absolute atomic E-state index is 0.0531. The molecule has 352 valence electrons. The highest BCUT2D eigenvalue weighted by atomic mass is 31.2. The quantitative estimate of drug-likeness (QED) is 0.0159. The van der Waals surface area contributed by atoms with E-state index in [1.54, 1.807) is 6.08 Å². The van der Waals surface area contributed by atoms with Crippen LogP contribution >= 0.6 is 7.82 Å². The normalized spacial score (nSPS) is 14.7. The number of likely N-dealkylation sites (N-methyl/N-ethyl adjacent to an activating group) is 1. The Morgan fingerprint density at radius 3 is 1.80 bits per heavy atom. The van der Waals surface area contributed by atoms with Crippen molar-refractivity contribution in [1.82, 2.24) is 0 Å². The number of carbonyl (C=O) groups is 2. The highest BCUT2D eigenvalue weighted by Crippen LogP contribution is 2.38. The van der Waals surface area contributed by atoms with Gasteiger partial charge in [-0.3, -0.25) is 14.2 Å². The number of esters is 2. The van der Waals surface area contributed by atoms with E-state index in [0.29, 0.717) is 36.7 Å². The lowest BCUT2D eigenvalue weighted by Gasteiger charge is -2.28. The van der Waals surface area contributed by atoms with Gasteiger partial charge in [-0.2, -0.15) is 0 Å². The number of unbranched alkanes of at least 4 members (excludes halogenated alkanes) is 16. The summed E-state index contributed by atoms with van der Waals surface area (Å²) in [7, 11) is 1.09. The second kappa shape index (κ2) is 41.4. The summed E-state index contributed by atoms with van der Waals surface area (Å²) >= 11 is 0. The molecule has 0 bridgehead atoms. The van der Waals surface area contributed by atoms with Crippen molar-refractivity contribution in [2.24, 2.45) is 0 Å². The van der Waals surface area contributed by atoms with Crippen molar-refractivity contribution in [3.8, 4) is 0 Å². The minimum atomic E-state index is -4.66. The average Bonchev–Trinajstić information content (AvgIpc) is 3.21. The number of aliphatic hydroxyl groups is 1. The summed E-state index contributed by atoms with van der Waals surface area (Å²) in [6.45, 7) is 3.95. The minimum Gasteiger partial charge on any atom is -0.756 e. The SMILES string of the molecule is CC/C=C\C/C=C\CC(O)/C=C/C=C\C/C=C\CCCC(=O)OC[C@H](COP(=O)([O-])OCC[N+](C)(C)C)OC(=O)CCCCCCCCCCC/C=C\CCCCCCCC. The molecule has 61 heavy (non-hydrogen) atoms. The molecule has 0 amide bonds. The summed E-state index contributed by atoms with van der Waals surface area (Å²) in [5, 5.41) is 10.0. The summed E-state index contributed by atoms with van der Waals surface area (Å²) in [5.74, 6) is -0.947. The van der Waals surface area contributed by atoms with E-state index in [2.05, 4.69) is 44.2 Å². The standard InChI is InChI=1S/C50H88NO9P/c1-6-8-10-12-14-15-16-17-18-19-20-21-22-23-24-25-30-34-38-42-50(54)60-48(46-59-61(55,56)58-44-43-51(3,4)5)45-57-49(53)41-37-33-29-27-26-28-32-36-40-47(52)39-35-31-13-11-9-7-2/h9,11,17-18,27-29,31-32,35-36,40,47-48,52H,6-8,10,12-16,19-26,30,33-34,37-39,41-46H2,1-5H3/b11-9-,18-17-,29-27-,32-28-,35-31-,40-36+/t47?,48-/m1/s1. The Kier molecular flexibility index (Phi) is 39.7. The van der Waals surface area contributed by atoms with Gasteiger partial charge in [0.25, 0.3) is 7.82 Å². The zero-order valence-corrected chi connectivity index (χ0v) is 40.1. The van der Waals surface area contributed by atoms with E-state index in [-0.39, 0.29) is 26.1 Å².